The van der Waals surface area contributed by atoms with Crippen LogP contribution in [0.4, 0.5) is 5.69 Å². The molecule has 6 heteroatoms. The van der Waals surface area contributed by atoms with Gasteiger partial charge in [0.2, 0.25) is 5.91 Å². The molecule has 1 heterocycles. The largest absolute Gasteiger partial charge is 0.455 e. The van der Waals surface area contributed by atoms with E-state index in [4.69, 9.17) is 16.6 Å². The zero-order valence-electron chi connectivity index (χ0n) is 13.3. The van der Waals surface area contributed by atoms with Crippen molar-refractivity contribution in [2.24, 2.45) is 0 Å². The molecule has 0 bridgehead atoms. The maximum atomic E-state index is 11.7. The molecule has 0 aliphatic carbocycles. The first-order chi connectivity index (χ1) is 11.0. The summed E-state index contributed by atoms with van der Waals surface area (Å²) in [7, 11) is 0. The van der Waals surface area contributed by atoms with Crippen molar-refractivity contribution in [3.63, 3.8) is 0 Å². The van der Waals surface area contributed by atoms with E-state index in [0.717, 1.165) is 0 Å². The zero-order valence-corrected chi connectivity index (χ0v) is 13.3. The summed E-state index contributed by atoms with van der Waals surface area (Å²) in [5.41, 5.74) is 2.03. The lowest BCUT2D eigenvalue weighted by molar-refractivity contribution is 0.0917. The molecule has 0 atom stereocenters. The van der Waals surface area contributed by atoms with E-state index >= 15 is 0 Å². The van der Waals surface area contributed by atoms with Crippen LogP contribution < -0.4 is 4.74 Å². The van der Waals surface area contributed by atoms with E-state index < -0.39 is 0 Å². The molecule has 6 nitrogen and oxygen atoms in total. The summed E-state index contributed by atoms with van der Waals surface area (Å²) >= 11 is 0. The van der Waals surface area contributed by atoms with Crippen molar-refractivity contribution < 1.29 is 9.53 Å². The van der Waals surface area contributed by atoms with Gasteiger partial charge in [0.25, 0.3) is 0 Å². The van der Waals surface area contributed by atoms with Gasteiger partial charge in [0, 0.05) is 12.5 Å². The average molecular weight is 308 g/mol. The van der Waals surface area contributed by atoms with Gasteiger partial charge in [-0.25, -0.2) is 9.53 Å². The van der Waals surface area contributed by atoms with Crippen molar-refractivity contribution in [2.45, 2.75) is 33.6 Å². The normalized spacial score (nSPS) is 9.96. The van der Waals surface area contributed by atoms with Crippen molar-refractivity contribution in [3.8, 4) is 17.6 Å². The molecule has 23 heavy (non-hydrogen) atoms. The molecule has 0 aliphatic heterocycles. The molecular weight excluding hydrogens is 292 g/mol. The molecule has 0 unspecified atom stereocenters. The van der Waals surface area contributed by atoms with E-state index in [0.29, 0.717) is 47.0 Å². The standard InChI is InChI=1S/C17H16N4O2/c1-5-15-17(16(6-2)21(20-15)11(3)22)23-14-8-12(10-18)7-13(9-14)19-4/h7-9H,5-6H2,1-3H3. The van der Waals surface area contributed by atoms with E-state index in [1.807, 2.05) is 19.9 Å². The van der Waals surface area contributed by atoms with Gasteiger partial charge in [0.15, 0.2) is 11.4 Å². The number of hydrogen-bond donors (Lipinski definition) is 0. The second kappa shape index (κ2) is 6.76. The molecule has 0 N–H and O–H groups in total. The molecule has 0 saturated heterocycles. The Hall–Kier alpha value is -3.12. The molecule has 0 amide bonds. The monoisotopic (exact) mass is 308 g/mol. The van der Waals surface area contributed by atoms with Crippen LogP contribution >= 0.6 is 0 Å². The van der Waals surface area contributed by atoms with Crippen molar-refractivity contribution >= 4 is 11.6 Å². The number of aromatic nitrogens is 2. The number of nitrogens with zero attached hydrogens (tertiary/aromatic N) is 4. The lowest BCUT2D eigenvalue weighted by Crippen LogP contribution is -2.11. The number of ether oxygens (including phenoxy) is 1. The van der Waals surface area contributed by atoms with Crippen LogP contribution in [0.2, 0.25) is 0 Å². The molecule has 2 aromatic rings. The summed E-state index contributed by atoms with van der Waals surface area (Å²) in [6.45, 7) is 12.4. The van der Waals surface area contributed by atoms with Crippen molar-refractivity contribution in [1.29, 1.82) is 5.26 Å². The molecule has 0 aliphatic rings. The van der Waals surface area contributed by atoms with Gasteiger partial charge >= 0.3 is 0 Å². The predicted octanol–water partition coefficient (Wildman–Crippen LogP) is 3.88. The van der Waals surface area contributed by atoms with Crippen molar-refractivity contribution in [3.05, 3.63) is 46.6 Å². The van der Waals surface area contributed by atoms with Crippen LogP contribution in [-0.2, 0) is 12.8 Å². The third kappa shape index (κ3) is 3.22. The Morgan fingerprint density at radius 2 is 2.13 bits per heavy atom. The third-order valence-corrected chi connectivity index (χ3v) is 3.34. The highest BCUT2D eigenvalue weighted by molar-refractivity contribution is 5.77. The maximum Gasteiger partial charge on any atom is 0.244 e. The fraction of sp³-hybridized carbons (Fsp3) is 0.294. The highest BCUT2D eigenvalue weighted by Crippen LogP contribution is 2.33. The molecule has 116 valence electrons. The van der Waals surface area contributed by atoms with Gasteiger partial charge in [-0.1, -0.05) is 13.8 Å². The summed E-state index contributed by atoms with van der Waals surface area (Å²) in [6.07, 6.45) is 1.19. The average Bonchev–Trinajstić information content (AvgIpc) is 2.92. The number of benzene rings is 1. The Kier molecular flexibility index (Phi) is 4.78. The van der Waals surface area contributed by atoms with E-state index in [-0.39, 0.29) is 5.91 Å². The fourth-order valence-corrected chi connectivity index (χ4v) is 2.30. The van der Waals surface area contributed by atoms with Gasteiger partial charge in [-0.15, -0.1) is 0 Å². The van der Waals surface area contributed by atoms with Crippen LogP contribution in [0.1, 0.15) is 42.5 Å². The lowest BCUT2D eigenvalue weighted by Gasteiger charge is -2.09. The van der Waals surface area contributed by atoms with Crippen molar-refractivity contribution in [2.75, 3.05) is 0 Å². The third-order valence-electron chi connectivity index (χ3n) is 3.34. The Morgan fingerprint density at radius 3 is 2.65 bits per heavy atom. The fourth-order valence-electron chi connectivity index (χ4n) is 2.30. The number of nitriles is 1. The van der Waals surface area contributed by atoms with Crippen molar-refractivity contribution in [1.82, 2.24) is 9.78 Å². The summed E-state index contributed by atoms with van der Waals surface area (Å²) in [5, 5.41) is 13.4. The molecule has 1 aromatic carbocycles. The number of aryl methyl sites for hydroxylation is 1. The van der Waals surface area contributed by atoms with E-state index in [1.165, 1.54) is 17.7 Å². The Balaban J connectivity index is 2.54. The molecule has 0 fully saturated rings. The van der Waals surface area contributed by atoms with E-state index in [1.54, 1.807) is 12.1 Å². The first-order valence-electron chi connectivity index (χ1n) is 7.26. The minimum Gasteiger partial charge on any atom is -0.455 e. The van der Waals surface area contributed by atoms with Gasteiger partial charge in [0.05, 0.1) is 18.3 Å². The molecule has 0 radical (unpaired) electrons. The number of hydrogen-bond acceptors (Lipinski definition) is 4. The van der Waals surface area contributed by atoms with Crippen LogP contribution in [0.25, 0.3) is 4.85 Å². The number of rotatable bonds is 4. The molecular formula is C17H16N4O2. The topological polar surface area (TPSA) is 72.3 Å². The van der Waals surface area contributed by atoms with Gasteiger partial charge < -0.3 is 4.74 Å². The van der Waals surface area contributed by atoms with Gasteiger partial charge in [-0.2, -0.15) is 10.4 Å². The first-order valence-corrected chi connectivity index (χ1v) is 7.26. The van der Waals surface area contributed by atoms with Crippen LogP contribution in [0.3, 0.4) is 0 Å². The van der Waals surface area contributed by atoms with Gasteiger partial charge in [-0.3, -0.25) is 4.79 Å². The summed E-state index contributed by atoms with van der Waals surface area (Å²) in [6, 6.07) is 6.65. The first kappa shape index (κ1) is 16.3. The smallest absolute Gasteiger partial charge is 0.244 e. The van der Waals surface area contributed by atoms with Crippen LogP contribution in [0.5, 0.6) is 11.5 Å². The second-order valence-corrected chi connectivity index (χ2v) is 4.90. The number of carbonyl (C=O) groups is 1. The summed E-state index contributed by atoms with van der Waals surface area (Å²) < 4.78 is 7.25. The minimum absolute atomic E-state index is 0.181. The predicted molar refractivity (Wildman–Crippen MR) is 84.8 cm³/mol. The van der Waals surface area contributed by atoms with Crippen LogP contribution in [0, 0.1) is 17.9 Å². The van der Waals surface area contributed by atoms with Crippen LogP contribution in [-0.4, -0.2) is 15.7 Å². The highest BCUT2D eigenvalue weighted by atomic mass is 16.5. The molecule has 1 aromatic heterocycles. The summed E-state index contributed by atoms with van der Waals surface area (Å²) in [5.74, 6) is 0.734. The Bertz CT molecular complexity index is 805. The number of carbonyl (C=O) groups excluding carboxylic acids is 1. The lowest BCUT2D eigenvalue weighted by atomic mass is 10.2. The molecule has 0 spiro atoms. The van der Waals surface area contributed by atoms with Gasteiger partial charge in [-0.05, 0) is 31.0 Å². The SMILES string of the molecule is [C-]#[N+]c1cc(C#N)cc(Oc2c(CC)nn(C(C)=O)c2CC)c1. The van der Waals surface area contributed by atoms with Gasteiger partial charge in [0.1, 0.15) is 11.4 Å². The quantitative estimate of drug-likeness (QED) is 0.803. The Labute approximate surface area is 134 Å². The highest BCUT2D eigenvalue weighted by Gasteiger charge is 2.20. The Morgan fingerprint density at radius 1 is 1.39 bits per heavy atom. The maximum absolute atomic E-state index is 11.7. The van der Waals surface area contributed by atoms with Crippen LogP contribution in [0.15, 0.2) is 18.2 Å². The molecule has 0 saturated carbocycles. The zero-order chi connectivity index (χ0) is 17.0. The van der Waals surface area contributed by atoms with E-state index in [2.05, 4.69) is 9.94 Å². The second-order valence-electron chi connectivity index (χ2n) is 4.90. The van der Waals surface area contributed by atoms with E-state index in [9.17, 15) is 4.79 Å². The molecule has 2 rings (SSSR count). The summed E-state index contributed by atoms with van der Waals surface area (Å²) in [4.78, 5) is 15.1. The minimum atomic E-state index is -0.181.